The number of imidazole rings is 1. The molecule has 1 atom stereocenters. The average molecular weight is 454 g/mol. The summed E-state index contributed by atoms with van der Waals surface area (Å²) < 4.78 is 47.1. The Balaban J connectivity index is 1.40. The van der Waals surface area contributed by atoms with E-state index < -0.39 is 11.7 Å². The van der Waals surface area contributed by atoms with Gasteiger partial charge < -0.3 is 14.6 Å². The highest BCUT2D eigenvalue weighted by atomic mass is 19.4. The van der Waals surface area contributed by atoms with Gasteiger partial charge in [0.15, 0.2) is 0 Å². The second-order valence-electron chi connectivity index (χ2n) is 8.60. The summed E-state index contributed by atoms with van der Waals surface area (Å²) in [6, 6.07) is 7.14. The normalized spacial score (nSPS) is 22.7. The molecule has 3 aliphatic rings. The molecule has 7 nitrogen and oxygen atoms in total. The first kappa shape index (κ1) is 20.2. The lowest BCUT2D eigenvalue weighted by molar-refractivity contribution is -0.137. The number of oxazole rings is 1. The van der Waals surface area contributed by atoms with Crippen molar-refractivity contribution in [2.75, 3.05) is 25.0 Å². The van der Waals surface area contributed by atoms with Gasteiger partial charge in [-0.05, 0) is 50.0 Å². The molecule has 10 heteroatoms. The number of hydrogen-bond acceptors (Lipinski definition) is 6. The van der Waals surface area contributed by atoms with Crippen LogP contribution in [0.15, 0.2) is 53.4 Å². The number of halogens is 3. The largest absolute Gasteiger partial charge is 0.432 e. The van der Waals surface area contributed by atoms with E-state index in [4.69, 9.17) is 9.40 Å². The van der Waals surface area contributed by atoms with Gasteiger partial charge in [0.2, 0.25) is 5.95 Å². The van der Waals surface area contributed by atoms with Gasteiger partial charge in [-0.25, -0.2) is 9.97 Å². The number of nitrogens with one attached hydrogen (secondary N) is 1. The molecule has 0 spiro atoms. The van der Waals surface area contributed by atoms with Gasteiger partial charge in [-0.1, -0.05) is 12.1 Å². The van der Waals surface area contributed by atoms with Crippen LogP contribution < -0.4 is 5.32 Å². The number of aromatic nitrogens is 4. The summed E-state index contributed by atoms with van der Waals surface area (Å²) in [6.07, 6.45) is 2.69. The van der Waals surface area contributed by atoms with Gasteiger partial charge in [-0.2, -0.15) is 18.2 Å². The number of hydrogen-bond donors (Lipinski definition) is 1. The van der Waals surface area contributed by atoms with Crippen LogP contribution in [-0.2, 0) is 6.18 Å². The Hall–Kier alpha value is -3.40. The maximum atomic E-state index is 13.3. The van der Waals surface area contributed by atoms with Gasteiger partial charge in [0.25, 0.3) is 0 Å². The maximum Gasteiger partial charge on any atom is 0.416 e. The average Bonchev–Trinajstić information content (AvgIpc) is 3.41. The minimum atomic E-state index is -4.45. The first-order valence-corrected chi connectivity index (χ1v) is 10.9. The fourth-order valence-corrected chi connectivity index (χ4v) is 4.93. The van der Waals surface area contributed by atoms with E-state index in [1.54, 1.807) is 28.9 Å². The molecule has 170 valence electrons. The van der Waals surface area contributed by atoms with Crippen LogP contribution >= 0.6 is 0 Å². The van der Waals surface area contributed by atoms with Crippen LogP contribution in [0.5, 0.6) is 0 Å². The van der Waals surface area contributed by atoms with Crippen molar-refractivity contribution in [3.8, 4) is 22.6 Å². The minimum absolute atomic E-state index is 0.280. The number of fused-ring (bicyclic) bond motifs is 4. The minimum Gasteiger partial charge on any atom is -0.432 e. The van der Waals surface area contributed by atoms with E-state index in [1.165, 1.54) is 12.3 Å². The zero-order chi connectivity index (χ0) is 22.6. The van der Waals surface area contributed by atoms with Crippen LogP contribution in [0.3, 0.4) is 0 Å². The molecule has 6 heterocycles. The molecule has 4 aromatic rings. The third kappa shape index (κ3) is 3.64. The Morgan fingerprint density at radius 3 is 2.70 bits per heavy atom. The molecule has 3 fully saturated rings. The van der Waals surface area contributed by atoms with E-state index in [-0.39, 0.29) is 11.9 Å². The maximum absolute atomic E-state index is 13.3. The molecule has 1 N–H and O–H groups in total. The van der Waals surface area contributed by atoms with E-state index in [0.717, 1.165) is 44.6 Å². The number of rotatable bonds is 4. The van der Waals surface area contributed by atoms with Gasteiger partial charge in [0.1, 0.15) is 17.7 Å². The highest BCUT2D eigenvalue weighted by molar-refractivity contribution is 5.80. The predicted molar refractivity (Wildman–Crippen MR) is 115 cm³/mol. The van der Waals surface area contributed by atoms with E-state index in [2.05, 4.69) is 20.2 Å². The van der Waals surface area contributed by atoms with Crippen LogP contribution in [0.25, 0.3) is 28.5 Å². The standard InChI is InChI=1S/C23H21F3N6O/c24-23(25,26)16-3-1-2-15(12-16)19-20(32-10-11-33-22(32)30-19)17-4-7-27-21(28-17)29-18-13-31-8-5-14(18)6-9-31/h1-4,7,10-12,14,18H,5-6,8-9,13H2,(H,27,28,29). The quantitative estimate of drug-likeness (QED) is 0.487. The number of nitrogens with zero attached hydrogens (tertiary/aromatic N) is 5. The van der Waals surface area contributed by atoms with Crippen LogP contribution in [0.4, 0.5) is 19.1 Å². The third-order valence-electron chi connectivity index (χ3n) is 6.59. The Bertz CT molecular complexity index is 1310. The lowest BCUT2D eigenvalue weighted by Crippen LogP contribution is -2.53. The number of alkyl halides is 3. The summed E-state index contributed by atoms with van der Waals surface area (Å²) in [5.74, 6) is 1.38. The molecule has 3 aromatic heterocycles. The van der Waals surface area contributed by atoms with Crippen molar-refractivity contribution in [3.05, 3.63) is 54.6 Å². The van der Waals surface area contributed by atoms with Crippen LogP contribution in [0, 0.1) is 5.92 Å². The predicted octanol–water partition coefficient (Wildman–Crippen LogP) is 4.58. The number of anilines is 1. The van der Waals surface area contributed by atoms with Gasteiger partial charge >= 0.3 is 12.0 Å². The molecule has 0 saturated carbocycles. The summed E-state index contributed by atoms with van der Waals surface area (Å²) in [4.78, 5) is 16.0. The first-order chi connectivity index (χ1) is 16.0. The summed E-state index contributed by atoms with van der Waals surface area (Å²) in [6.45, 7) is 3.24. The summed E-state index contributed by atoms with van der Waals surface area (Å²) in [5, 5.41) is 3.48. The second-order valence-corrected chi connectivity index (χ2v) is 8.60. The second kappa shape index (κ2) is 7.58. The number of piperidine rings is 3. The SMILES string of the molecule is FC(F)(F)c1cccc(-c2nc3occn3c2-c2ccnc(NC3CN4CCC3CC4)n2)c1. The van der Waals surface area contributed by atoms with E-state index in [1.807, 2.05) is 0 Å². The van der Waals surface area contributed by atoms with E-state index in [9.17, 15) is 13.2 Å². The molecule has 3 aliphatic heterocycles. The van der Waals surface area contributed by atoms with Crippen molar-refractivity contribution < 1.29 is 17.6 Å². The lowest BCUT2D eigenvalue weighted by atomic mass is 9.84. The molecular weight excluding hydrogens is 433 g/mol. The molecule has 0 amide bonds. The topological polar surface area (TPSA) is 71.5 Å². The molecule has 2 bridgehead atoms. The van der Waals surface area contributed by atoms with Gasteiger partial charge in [-0.15, -0.1) is 0 Å². The fraction of sp³-hybridized carbons (Fsp3) is 0.348. The Morgan fingerprint density at radius 1 is 1.09 bits per heavy atom. The van der Waals surface area contributed by atoms with Crippen molar-refractivity contribution in [1.82, 2.24) is 24.3 Å². The third-order valence-corrected chi connectivity index (χ3v) is 6.59. The molecule has 7 rings (SSSR count). The molecule has 1 aromatic carbocycles. The summed E-state index contributed by atoms with van der Waals surface area (Å²) >= 11 is 0. The molecule has 0 aliphatic carbocycles. The Labute approximate surface area is 187 Å². The molecular formula is C23H21F3N6O. The van der Waals surface area contributed by atoms with Crippen molar-refractivity contribution >= 4 is 11.8 Å². The summed E-state index contributed by atoms with van der Waals surface area (Å²) in [5.41, 5.74) is 1.08. The number of benzene rings is 1. The van der Waals surface area contributed by atoms with Gasteiger partial charge in [0, 0.05) is 30.5 Å². The highest BCUT2D eigenvalue weighted by Crippen LogP contribution is 2.36. The van der Waals surface area contributed by atoms with Crippen molar-refractivity contribution in [1.29, 1.82) is 0 Å². The highest BCUT2D eigenvalue weighted by Gasteiger charge is 2.34. The lowest BCUT2D eigenvalue weighted by Gasteiger charge is -2.44. The van der Waals surface area contributed by atoms with E-state index in [0.29, 0.717) is 34.5 Å². The zero-order valence-corrected chi connectivity index (χ0v) is 17.6. The van der Waals surface area contributed by atoms with Crippen molar-refractivity contribution in [2.45, 2.75) is 25.1 Å². The molecule has 33 heavy (non-hydrogen) atoms. The molecule has 0 radical (unpaired) electrons. The molecule has 3 saturated heterocycles. The van der Waals surface area contributed by atoms with Crippen LogP contribution in [0.2, 0.25) is 0 Å². The van der Waals surface area contributed by atoms with Crippen molar-refractivity contribution in [3.63, 3.8) is 0 Å². The monoisotopic (exact) mass is 454 g/mol. The van der Waals surface area contributed by atoms with Gasteiger partial charge in [0.05, 0.1) is 11.3 Å². The fourth-order valence-electron chi connectivity index (χ4n) is 4.93. The molecule has 1 unspecified atom stereocenters. The smallest absolute Gasteiger partial charge is 0.416 e. The van der Waals surface area contributed by atoms with Crippen LogP contribution in [0.1, 0.15) is 18.4 Å². The Kier molecular flexibility index (Phi) is 4.65. The van der Waals surface area contributed by atoms with E-state index >= 15 is 0 Å². The van der Waals surface area contributed by atoms with Crippen molar-refractivity contribution in [2.24, 2.45) is 5.92 Å². The van der Waals surface area contributed by atoms with Gasteiger partial charge in [-0.3, -0.25) is 4.40 Å². The Morgan fingerprint density at radius 2 is 1.94 bits per heavy atom. The van der Waals surface area contributed by atoms with Crippen LogP contribution in [-0.4, -0.2) is 49.9 Å². The first-order valence-electron chi connectivity index (χ1n) is 10.9. The summed E-state index contributed by atoms with van der Waals surface area (Å²) in [7, 11) is 0. The zero-order valence-electron chi connectivity index (χ0n) is 17.6.